The number of amides is 1. The molecule has 0 bridgehead atoms. The molecule has 1 amide bonds. The molecule has 0 aliphatic rings. The van der Waals surface area contributed by atoms with Crippen molar-refractivity contribution in [3.63, 3.8) is 0 Å². The molecule has 0 aromatic heterocycles. The summed E-state index contributed by atoms with van der Waals surface area (Å²) in [6, 6.07) is 0. The number of nitrogens with zero attached hydrogens (tertiary/aromatic N) is 1. The minimum absolute atomic E-state index is 0.00643. The number of carbonyl (C=O) groups excluding carboxylic acids is 1. The molecule has 0 unspecified atom stereocenters. The number of carboxylic acid groups (broad SMARTS) is 1. The van der Waals surface area contributed by atoms with E-state index in [9.17, 15) is 9.59 Å². The Bertz CT molecular complexity index is 743. The minimum atomic E-state index is -0.878. The average Bonchev–Trinajstić information content (AvgIpc) is 3.06. The van der Waals surface area contributed by atoms with Gasteiger partial charge in [0.15, 0.2) is 0 Å². The van der Waals surface area contributed by atoms with E-state index >= 15 is 0 Å². The lowest BCUT2D eigenvalue weighted by Crippen LogP contribution is -2.36. The predicted octanol–water partition coefficient (Wildman–Crippen LogP) is 1.53. The fourth-order valence-corrected chi connectivity index (χ4v) is 3.31. The van der Waals surface area contributed by atoms with Crippen molar-refractivity contribution in [2.45, 2.75) is 32.8 Å². The largest absolute Gasteiger partial charge is 0.481 e. The van der Waals surface area contributed by atoms with Crippen LogP contribution in [0.2, 0.25) is 0 Å². The summed E-state index contributed by atoms with van der Waals surface area (Å²) in [7, 11) is 1.68. The summed E-state index contributed by atoms with van der Waals surface area (Å²) in [6.45, 7) is 16.7. The first-order valence-electron chi connectivity index (χ1n) is 17.3. The Labute approximate surface area is 298 Å². The van der Waals surface area contributed by atoms with Crippen LogP contribution in [0.1, 0.15) is 27.2 Å². The topological polar surface area (TPSA) is 178 Å². The van der Waals surface area contributed by atoms with Gasteiger partial charge in [0.1, 0.15) is 5.60 Å². The van der Waals surface area contributed by atoms with Gasteiger partial charge in [0.2, 0.25) is 0 Å². The number of carboxylic acids is 1. The van der Waals surface area contributed by atoms with Crippen LogP contribution in [0.3, 0.4) is 0 Å². The Balaban J connectivity index is 3.14. The van der Waals surface area contributed by atoms with Crippen molar-refractivity contribution in [1.29, 1.82) is 0 Å². The second-order valence-electron chi connectivity index (χ2n) is 11.4. The molecule has 1 N–H and O–H groups in total. The van der Waals surface area contributed by atoms with Crippen molar-refractivity contribution < 1.29 is 76.3 Å². The maximum Gasteiger partial charge on any atom is 0.410 e. The summed E-state index contributed by atoms with van der Waals surface area (Å²) in [5, 5.41) is 8.49. The van der Waals surface area contributed by atoms with Crippen molar-refractivity contribution in [2.75, 3.05) is 172 Å². The van der Waals surface area contributed by atoms with Crippen LogP contribution in [0.5, 0.6) is 0 Å². The molecule has 0 aromatic rings. The third kappa shape index (κ3) is 40.7. The first-order chi connectivity index (χ1) is 24.2. The van der Waals surface area contributed by atoms with E-state index in [2.05, 4.69) is 0 Å². The van der Waals surface area contributed by atoms with Crippen molar-refractivity contribution >= 4 is 12.1 Å². The Morgan fingerprint density at radius 3 is 0.860 bits per heavy atom. The predicted molar refractivity (Wildman–Crippen MR) is 181 cm³/mol. The molecule has 17 nitrogen and oxygen atoms in total. The number of carbonyl (C=O) groups is 2. The SMILES string of the molecule is CN(CCOCCOCCOCCOCCOCCOCCOCCOCCOCCOCCOCCOCCC(=O)O)C(=O)OC(C)(C)C. The molecule has 0 heterocycles. The zero-order chi connectivity index (χ0) is 36.8. The van der Waals surface area contributed by atoms with Crippen LogP contribution >= 0.6 is 0 Å². The Hall–Kier alpha value is -1.74. The van der Waals surface area contributed by atoms with Gasteiger partial charge in [-0.2, -0.15) is 0 Å². The molecule has 0 atom stereocenters. The van der Waals surface area contributed by atoms with Crippen LogP contribution in [0.25, 0.3) is 0 Å². The first kappa shape index (κ1) is 48.3. The molecule has 0 spiro atoms. The molecule has 0 aliphatic heterocycles. The summed E-state index contributed by atoms with van der Waals surface area (Å²) >= 11 is 0. The van der Waals surface area contributed by atoms with E-state index in [0.717, 1.165) is 0 Å². The maximum atomic E-state index is 11.9. The van der Waals surface area contributed by atoms with E-state index in [1.165, 1.54) is 4.90 Å². The van der Waals surface area contributed by atoms with Crippen LogP contribution in [-0.4, -0.2) is 200 Å². The van der Waals surface area contributed by atoms with Crippen molar-refractivity contribution in [2.24, 2.45) is 0 Å². The van der Waals surface area contributed by atoms with Crippen LogP contribution in [-0.2, 0) is 66.4 Å². The lowest BCUT2D eigenvalue weighted by molar-refractivity contribution is -0.138. The van der Waals surface area contributed by atoms with Gasteiger partial charge in [-0.15, -0.1) is 0 Å². The second-order valence-corrected chi connectivity index (χ2v) is 11.4. The van der Waals surface area contributed by atoms with Crippen LogP contribution in [0, 0.1) is 0 Å². The fourth-order valence-electron chi connectivity index (χ4n) is 3.31. The molecule has 298 valence electrons. The van der Waals surface area contributed by atoms with Crippen LogP contribution in [0.15, 0.2) is 0 Å². The number of rotatable bonds is 39. The zero-order valence-corrected chi connectivity index (χ0v) is 30.9. The van der Waals surface area contributed by atoms with Crippen LogP contribution in [0.4, 0.5) is 4.79 Å². The lowest BCUT2D eigenvalue weighted by atomic mass is 10.2. The molecule has 0 saturated carbocycles. The monoisotopic (exact) mass is 731 g/mol. The van der Waals surface area contributed by atoms with Gasteiger partial charge in [0.05, 0.1) is 165 Å². The van der Waals surface area contributed by atoms with Gasteiger partial charge < -0.3 is 71.6 Å². The first-order valence-corrected chi connectivity index (χ1v) is 17.3. The molecule has 0 aliphatic carbocycles. The molecule has 0 saturated heterocycles. The van der Waals surface area contributed by atoms with Gasteiger partial charge in [-0.3, -0.25) is 4.79 Å². The third-order valence-electron chi connectivity index (χ3n) is 5.83. The molecular weight excluding hydrogens is 666 g/mol. The van der Waals surface area contributed by atoms with E-state index in [1.54, 1.807) is 7.05 Å². The zero-order valence-electron chi connectivity index (χ0n) is 30.9. The number of ether oxygens (including phenoxy) is 13. The highest BCUT2D eigenvalue weighted by Gasteiger charge is 2.19. The standard InChI is InChI=1S/C33H65NO16/c1-33(2,3)50-32(37)34(4)6-8-39-10-12-41-14-16-43-18-20-45-22-24-47-26-28-49-30-29-48-27-25-46-23-21-44-19-17-42-15-13-40-11-9-38-7-5-31(35)36/h5-30H2,1-4H3,(H,35,36). The quantitative estimate of drug-likeness (QED) is 0.0900. The number of hydrogen-bond donors (Lipinski definition) is 1. The molecule has 0 radical (unpaired) electrons. The summed E-state index contributed by atoms with van der Waals surface area (Å²) < 4.78 is 70.3. The second kappa shape index (κ2) is 37.0. The minimum Gasteiger partial charge on any atom is -0.481 e. The highest BCUT2D eigenvalue weighted by molar-refractivity contribution is 5.67. The molecule has 50 heavy (non-hydrogen) atoms. The summed E-state index contributed by atoms with van der Waals surface area (Å²) in [5.41, 5.74) is -0.515. The van der Waals surface area contributed by atoms with Crippen molar-refractivity contribution in [1.82, 2.24) is 4.90 Å². The molecular formula is C33H65NO16. The summed E-state index contributed by atoms with van der Waals surface area (Å²) in [6.07, 6.45) is -0.376. The van der Waals surface area contributed by atoms with Crippen molar-refractivity contribution in [3.8, 4) is 0 Å². The Morgan fingerprint density at radius 1 is 0.420 bits per heavy atom. The van der Waals surface area contributed by atoms with E-state index in [4.69, 9.17) is 66.7 Å². The molecule has 0 rings (SSSR count). The van der Waals surface area contributed by atoms with Crippen LogP contribution < -0.4 is 0 Å². The van der Waals surface area contributed by atoms with E-state index in [1.807, 2.05) is 20.8 Å². The van der Waals surface area contributed by atoms with Gasteiger partial charge >= 0.3 is 12.1 Å². The lowest BCUT2D eigenvalue weighted by Gasteiger charge is -2.24. The Morgan fingerprint density at radius 2 is 0.640 bits per heavy atom. The van der Waals surface area contributed by atoms with E-state index < -0.39 is 11.6 Å². The smallest absolute Gasteiger partial charge is 0.410 e. The highest BCUT2D eigenvalue weighted by atomic mass is 16.6. The fraction of sp³-hybridized carbons (Fsp3) is 0.939. The molecule has 17 heteroatoms. The van der Waals surface area contributed by atoms with E-state index in [-0.39, 0.29) is 19.1 Å². The normalized spacial score (nSPS) is 11.7. The maximum absolute atomic E-state index is 11.9. The number of aliphatic carboxylic acids is 1. The third-order valence-corrected chi connectivity index (χ3v) is 5.83. The summed E-state index contributed by atoms with van der Waals surface area (Å²) in [5.74, 6) is -0.878. The van der Waals surface area contributed by atoms with Gasteiger partial charge in [-0.1, -0.05) is 0 Å². The molecule has 0 aromatic carbocycles. The average molecular weight is 732 g/mol. The van der Waals surface area contributed by atoms with Gasteiger partial charge in [-0.25, -0.2) is 4.79 Å². The highest BCUT2D eigenvalue weighted by Crippen LogP contribution is 2.08. The summed E-state index contributed by atoms with van der Waals surface area (Å²) in [4.78, 5) is 23.7. The van der Waals surface area contributed by atoms with E-state index in [0.29, 0.717) is 159 Å². The molecule has 0 fully saturated rings. The van der Waals surface area contributed by atoms with Gasteiger partial charge in [-0.05, 0) is 20.8 Å². The number of likely N-dealkylation sites (N-methyl/N-ethyl adjacent to an activating group) is 1. The van der Waals surface area contributed by atoms with Gasteiger partial charge in [0, 0.05) is 13.6 Å². The van der Waals surface area contributed by atoms with Crippen molar-refractivity contribution in [3.05, 3.63) is 0 Å². The Kier molecular flexibility index (Phi) is 35.7. The van der Waals surface area contributed by atoms with Gasteiger partial charge in [0.25, 0.3) is 0 Å². The number of hydrogen-bond acceptors (Lipinski definition) is 15.